The fourth-order valence-corrected chi connectivity index (χ4v) is 10.3. The molecule has 6 nitrogen and oxygen atoms in total. The van der Waals surface area contributed by atoms with E-state index in [9.17, 15) is 14.4 Å². The van der Waals surface area contributed by atoms with Gasteiger partial charge in [0.2, 0.25) is 0 Å². The van der Waals surface area contributed by atoms with Gasteiger partial charge in [0.05, 0.1) is 0 Å². The number of hydrogen-bond acceptors (Lipinski definition) is 6. The Bertz CT molecular complexity index is 1410. The Kier molecular flexibility index (Phi) is 65.1. The first-order valence-corrected chi connectivity index (χ1v) is 34.8. The fraction of sp³-hybridized carbons (Fsp3) is 0.822. The highest BCUT2D eigenvalue weighted by molar-refractivity contribution is 5.71. The lowest BCUT2D eigenvalue weighted by molar-refractivity contribution is -0.167. The molecule has 0 spiro atoms. The number of unbranched alkanes of at least 4 members (excludes halogenated alkanes) is 43. The Labute approximate surface area is 491 Å². The standard InChI is InChI=1S/C73H132O6/c1-4-7-10-13-16-19-22-25-28-31-33-35-36-38-39-42-45-48-51-54-57-60-63-66-72(75)78-69-70(68-77-71(74)65-62-59-56-53-50-47-44-41-30-27-24-21-18-15-12-9-6-3)79-73(76)67-64-61-58-55-52-49-46-43-40-37-34-32-29-26-23-20-17-14-11-8-5-2/h9,12,18,21,27,30-31,33,44,47,70H,4-8,10-11,13-17,19-20,22-26,28-29,32,34-43,45-46,48-69H2,1-3H3/b12-9-,21-18-,30-27-,33-31-,47-44-. The summed E-state index contributed by atoms with van der Waals surface area (Å²) < 4.78 is 17.0. The topological polar surface area (TPSA) is 78.9 Å². The zero-order chi connectivity index (χ0) is 57.1. The molecule has 0 N–H and O–H groups in total. The monoisotopic (exact) mass is 1110 g/mol. The second kappa shape index (κ2) is 67.6. The minimum Gasteiger partial charge on any atom is -0.462 e. The molecular formula is C73H132O6. The lowest BCUT2D eigenvalue weighted by Crippen LogP contribution is -2.30. The van der Waals surface area contributed by atoms with Crippen molar-refractivity contribution in [3.63, 3.8) is 0 Å². The van der Waals surface area contributed by atoms with E-state index < -0.39 is 6.10 Å². The minimum absolute atomic E-state index is 0.0789. The van der Waals surface area contributed by atoms with Crippen LogP contribution in [0.5, 0.6) is 0 Å². The third-order valence-electron chi connectivity index (χ3n) is 15.5. The molecule has 0 aliphatic rings. The quantitative estimate of drug-likeness (QED) is 0.0261. The second-order valence-electron chi connectivity index (χ2n) is 23.4. The molecule has 0 aliphatic carbocycles. The van der Waals surface area contributed by atoms with Crippen molar-refractivity contribution >= 4 is 17.9 Å². The van der Waals surface area contributed by atoms with Crippen LogP contribution in [-0.4, -0.2) is 37.2 Å². The summed E-state index contributed by atoms with van der Waals surface area (Å²) in [6.07, 6.45) is 86.7. The van der Waals surface area contributed by atoms with Crippen molar-refractivity contribution in [3.05, 3.63) is 60.8 Å². The molecule has 0 saturated heterocycles. The maximum absolute atomic E-state index is 13.0. The Morgan fingerprint density at radius 2 is 0.494 bits per heavy atom. The van der Waals surface area contributed by atoms with E-state index in [1.807, 2.05) is 0 Å². The first-order chi connectivity index (χ1) is 39.0. The molecule has 0 rings (SSSR count). The van der Waals surface area contributed by atoms with Crippen LogP contribution < -0.4 is 0 Å². The van der Waals surface area contributed by atoms with Crippen LogP contribution in [0.25, 0.3) is 0 Å². The fourth-order valence-electron chi connectivity index (χ4n) is 10.3. The number of carbonyl (C=O) groups excluding carboxylic acids is 3. The SMILES string of the molecule is CC/C=C\C/C=C\C/C=C\C/C=C\CCCCCCC(=O)OCC(COC(=O)CCCCCCCCCCCCC/C=C\CCCCCCCCCC)OC(=O)CCCCCCCCCCCCCCCCCCCCCCC. The first-order valence-electron chi connectivity index (χ1n) is 34.8. The Balaban J connectivity index is 4.34. The van der Waals surface area contributed by atoms with Gasteiger partial charge in [0.15, 0.2) is 6.10 Å². The molecule has 0 heterocycles. The first kappa shape index (κ1) is 76.1. The number of esters is 3. The Hall–Kier alpha value is -2.89. The van der Waals surface area contributed by atoms with Gasteiger partial charge in [-0.3, -0.25) is 14.4 Å². The van der Waals surface area contributed by atoms with E-state index in [4.69, 9.17) is 14.2 Å². The summed E-state index contributed by atoms with van der Waals surface area (Å²) in [5.74, 6) is -0.880. The second-order valence-corrected chi connectivity index (χ2v) is 23.4. The van der Waals surface area contributed by atoms with Crippen LogP contribution >= 0.6 is 0 Å². The van der Waals surface area contributed by atoms with E-state index in [2.05, 4.69) is 81.5 Å². The van der Waals surface area contributed by atoms with Crippen molar-refractivity contribution in [2.24, 2.45) is 0 Å². The largest absolute Gasteiger partial charge is 0.462 e. The van der Waals surface area contributed by atoms with Gasteiger partial charge in [-0.25, -0.2) is 0 Å². The van der Waals surface area contributed by atoms with E-state index in [-0.39, 0.29) is 31.1 Å². The molecule has 0 aromatic rings. The van der Waals surface area contributed by atoms with E-state index >= 15 is 0 Å². The summed E-state index contributed by atoms with van der Waals surface area (Å²) in [4.78, 5) is 38.4. The molecule has 460 valence electrons. The molecule has 0 aromatic carbocycles. The van der Waals surface area contributed by atoms with Gasteiger partial charge in [-0.05, 0) is 83.5 Å². The summed E-state index contributed by atoms with van der Waals surface area (Å²) in [5, 5.41) is 0. The molecule has 0 saturated carbocycles. The number of carbonyl (C=O) groups is 3. The van der Waals surface area contributed by atoms with E-state index in [1.165, 1.54) is 231 Å². The third-order valence-corrected chi connectivity index (χ3v) is 15.5. The van der Waals surface area contributed by atoms with Crippen LogP contribution in [0.15, 0.2) is 60.8 Å². The number of ether oxygens (including phenoxy) is 3. The van der Waals surface area contributed by atoms with Crippen molar-refractivity contribution in [3.8, 4) is 0 Å². The van der Waals surface area contributed by atoms with Crippen LogP contribution in [0.1, 0.15) is 367 Å². The van der Waals surface area contributed by atoms with Gasteiger partial charge in [0.1, 0.15) is 13.2 Å². The highest BCUT2D eigenvalue weighted by Gasteiger charge is 2.19. The number of rotatable bonds is 64. The molecule has 0 amide bonds. The zero-order valence-electron chi connectivity index (χ0n) is 52.9. The molecule has 0 radical (unpaired) electrons. The Morgan fingerprint density at radius 1 is 0.266 bits per heavy atom. The van der Waals surface area contributed by atoms with Crippen LogP contribution in [0.2, 0.25) is 0 Å². The molecule has 0 aromatic heterocycles. The van der Waals surface area contributed by atoms with Gasteiger partial charge in [0, 0.05) is 19.3 Å². The van der Waals surface area contributed by atoms with E-state index in [1.54, 1.807) is 0 Å². The van der Waals surface area contributed by atoms with Gasteiger partial charge < -0.3 is 14.2 Å². The van der Waals surface area contributed by atoms with Crippen molar-refractivity contribution < 1.29 is 28.6 Å². The number of allylic oxidation sites excluding steroid dienone is 10. The molecule has 79 heavy (non-hydrogen) atoms. The van der Waals surface area contributed by atoms with Gasteiger partial charge >= 0.3 is 17.9 Å². The predicted octanol–water partition coefficient (Wildman–Crippen LogP) is 23.9. The molecular weight excluding hydrogens is 973 g/mol. The highest BCUT2D eigenvalue weighted by Crippen LogP contribution is 2.18. The molecule has 0 aliphatic heterocycles. The zero-order valence-corrected chi connectivity index (χ0v) is 52.9. The van der Waals surface area contributed by atoms with Crippen LogP contribution in [0.4, 0.5) is 0 Å². The summed E-state index contributed by atoms with van der Waals surface area (Å²) in [5.41, 5.74) is 0. The average molecular weight is 1110 g/mol. The van der Waals surface area contributed by atoms with Crippen LogP contribution in [-0.2, 0) is 28.6 Å². The van der Waals surface area contributed by atoms with Gasteiger partial charge in [-0.15, -0.1) is 0 Å². The lowest BCUT2D eigenvalue weighted by atomic mass is 10.0. The van der Waals surface area contributed by atoms with Gasteiger partial charge in [0.25, 0.3) is 0 Å². The molecule has 0 fully saturated rings. The Morgan fingerprint density at radius 3 is 0.785 bits per heavy atom. The maximum atomic E-state index is 13.0. The average Bonchev–Trinajstić information content (AvgIpc) is 3.45. The smallest absolute Gasteiger partial charge is 0.306 e. The third kappa shape index (κ3) is 65.8. The van der Waals surface area contributed by atoms with Crippen molar-refractivity contribution in [2.75, 3.05) is 13.2 Å². The van der Waals surface area contributed by atoms with Crippen molar-refractivity contribution in [1.82, 2.24) is 0 Å². The van der Waals surface area contributed by atoms with Gasteiger partial charge in [-0.1, -0.05) is 326 Å². The van der Waals surface area contributed by atoms with Crippen LogP contribution in [0, 0.1) is 0 Å². The summed E-state index contributed by atoms with van der Waals surface area (Å²) in [6, 6.07) is 0. The molecule has 1 unspecified atom stereocenters. The highest BCUT2D eigenvalue weighted by atomic mass is 16.6. The molecule has 1 atom stereocenters. The van der Waals surface area contributed by atoms with Crippen molar-refractivity contribution in [1.29, 1.82) is 0 Å². The lowest BCUT2D eigenvalue weighted by Gasteiger charge is -2.18. The van der Waals surface area contributed by atoms with Crippen molar-refractivity contribution in [2.45, 2.75) is 374 Å². The normalized spacial score (nSPS) is 12.4. The predicted molar refractivity (Wildman–Crippen MR) is 344 cm³/mol. The maximum Gasteiger partial charge on any atom is 0.306 e. The van der Waals surface area contributed by atoms with Gasteiger partial charge in [-0.2, -0.15) is 0 Å². The van der Waals surface area contributed by atoms with E-state index in [0.717, 1.165) is 96.3 Å². The molecule has 6 heteroatoms. The summed E-state index contributed by atoms with van der Waals surface area (Å²) in [6.45, 7) is 6.57. The minimum atomic E-state index is -0.785. The molecule has 0 bridgehead atoms. The van der Waals surface area contributed by atoms with E-state index in [0.29, 0.717) is 19.3 Å². The van der Waals surface area contributed by atoms with Crippen LogP contribution in [0.3, 0.4) is 0 Å². The summed E-state index contributed by atoms with van der Waals surface area (Å²) >= 11 is 0. The number of hydrogen-bond donors (Lipinski definition) is 0. The summed E-state index contributed by atoms with van der Waals surface area (Å²) in [7, 11) is 0.